The van der Waals surface area contributed by atoms with Crippen LogP contribution in [-0.4, -0.2) is 5.12 Å². The van der Waals surface area contributed by atoms with Gasteiger partial charge in [-0.05, 0) is 31.3 Å². The molecular weight excluding hydrogens is 168 g/mol. The number of thiol groups is 1. The molecule has 0 aliphatic heterocycles. The van der Waals surface area contributed by atoms with E-state index >= 15 is 0 Å². The maximum atomic E-state index is 10.8. The first kappa shape index (κ1) is 9.85. The molecule has 0 heterocycles. The minimum absolute atomic E-state index is 0.0828. The van der Waals surface area contributed by atoms with Gasteiger partial charge in [0.2, 0.25) is 5.12 Å². The normalized spacial score (nSPS) is 21.0. The Morgan fingerprint density at radius 2 is 1.92 bits per heavy atom. The molecule has 0 radical (unpaired) electrons. The minimum Gasteiger partial charge on any atom is -0.282 e. The third kappa shape index (κ3) is 3.02. The molecule has 0 amide bonds. The van der Waals surface area contributed by atoms with Gasteiger partial charge in [-0.2, -0.15) is 0 Å². The van der Waals surface area contributed by atoms with E-state index in [2.05, 4.69) is 18.7 Å². The van der Waals surface area contributed by atoms with Crippen LogP contribution in [0.4, 0.5) is 0 Å². The van der Waals surface area contributed by atoms with Crippen LogP contribution in [0.25, 0.3) is 0 Å². The van der Waals surface area contributed by atoms with E-state index in [9.17, 15) is 4.79 Å². The van der Waals surface area contributed by atoms with Gasteiger partial charge in [0.1, 0.15) is 0 Å². The van der Waals surface area contributed by atoms with Crippen molar-refractivity contribution in [2.75, 3.05) is 0 Å². The summed E-state index contributed by atoms with van der Waals surface area (Å²) in [5.74, 6) is 0.634. The molecule has 1 fully saturated rings. The highest BCUT2D eigenvalue weighted by Gasteiger charge is 2.11. The lowest BCUT2D eigenvalue weighted by atomic mass is 9.88. The van der Waals surface area contributed by atoms with Crippen molar-refractivity contribution in [1.29, 1.82) is 0 Å². The average molecular weight is 184 g/mol. The number of hydrogen-bond acceptors (Lipinski definition) is 1. The summed E-state index contributed by atoms with van der Waals surface area (Å²) in [6, 6.07) is 0. The molecule has 1 rings (SSSR count). The van der Waals surface area contributed by atoms with Gasteiger partial charge < -0.3 is 0 Å². The summed E-state index contributed by atoms with van der Waals surface area (Å²) in [7, 11) is 0. The van der Waals surface area contributed by atoms with Crippen LogP contribution >= 0.6 is 12.6 Å². The minimum atomic E-state index is -0.0828. The lowest BCUT2D eigenvalue weighted by Crippen LogP contribution is -2.04. The molecule has 1 aliphatic rings. The summed E-state index contributed by atoms with van der Waals surface area (Å²) in [6.07, 6.45) is 8.58. The first-order valence-corrected chi connectivity index (χ1v) is 5.06. The quantitative estimate of drug-likeness (QED) is 0.516. The highest BCUT2D eigenvalue weighted by atomic mass is 32.1. The van der Waals surface area contributed by atoms with Crippen molar-refractivity contribution in [3.63, 3.8) is 0 Å². The van der Waals surface area contributed by atoms with Gasteiger partial charge in [0.05, 0.1) is 0 Å². The van der Waals surface area contributed by atoms with Crippen LogP contribution < -0.4 is 0 Å². The summed E-state index contributed by atoms with van der Waals surface area (Å²) >= 11 is 3.79. The molecule has 0 unspecified atom stereocenters. The molecule has 1 aliphatic carbocycles. The van der Waals surface area contributed by atoms with Crippen molar-refractivity contribution < 1.29 is 4.79 Å². The van der Waals surface area contributed by atoms with E-state index in [1.165, 1.54) is 32.1 Å². The van der Waals surface area contributed by atoms with Gasteiger partial charge in [-0.15, -0.1) is 12.6 Å². The Hall–Kier alpha value is -0.240. The van der Waals surface area contributed by atoms with Gasteiger partial charge in [-0.25, -0.2) is 0 Å². The summed E-state index contributed by atoms with van der Waals surface area (Å²) in [5.41, 5.74) is 0.810. The van der Waals surface area contributed by atoms with Gasteiger partial charge >= 0.3 is 0 Å². The van der Waals surface area contributed by atoms with E-state index in [-0.39, 0.29) is 5.12 Å². The highest BCUT2D eigenvalue weighted by Crippen LogP contribution is 2.25. The molecule has 2 heteroatoms. The van der Waals surface area contributed by atoms with Gasteiger partial charge in [0.25, 0.3) is 0 Å². The van der Waals surface area contributed by atoms with Crippen LogP contribution in [0.5, 0.6) is 0 Å². The molecule has 0 N–H and O–H groups in total. The zero-order valence-corrected chi connectivity index (χ0v) is 8.44. The number of carbonyl (C=O) groups excluding carboxylic acids is 1. The second kappa shape index (κ2) is 4.70. The molecule has 0 spiro atoms. The first-order valence-electron chi connectivity index (χ1n) is 4.62. The van der Waals surface area contributed by atoms with E-state index < -0.39 is 0 Å². The molecule has 0 aromatic heterocycles. The Morgan fingerprint density at radius 1 is 1.33 bits per heavy atom. The molecule has 1 nitrogen and oxygen atoms in total. The van der Waals surface area contributed by atoms with E-state index in [4.69, 9.17) is 0 Å². The first-order chi connectivity index (χ1) is 5.70. The van der Waals surface area contributed by atoms with Crippen LogP contribution in [0.2, 0.25) is 0 Å². The van der Waals surface area contributed by atoms with Gasteiger partial charge in [-0.3, -0.25) is 4.79 Å². The lowest BCUT2D eigenvalue weighted by molar-refractivity contribution is -0.107. The Bertz CT molecular complexity index is 190. The van der Waals surface area contributed by atoms with Gasteiger partial charge in [0, 0.05) is 0 Å². The summed E-state index contributed by atoms with van der Waals surface area (Å²) < 4.78 is 0. The van der Waals surface area contributed by atoms with Crippen LogP contribution in [0.3, 0.4) is 0 Å². The van der Waals surface area contributed by atoms with E-state index in [0.717, 1.165) is 5.57 Å². The molecule has 0 atom stereocenters. The fourth-order valence-corrected chi connectivity index (χ4v) is 1.80. The van der Waals surface area contributed by atoms with E-state index in [0.29, 0.717) is 5.92 Å². The third-order valence-electron chi connectivity index (χ3n) is 2.47. The van der Waals surface area contributed by atoms with Gasteiger partial charge in [-0.1, -0.05) is 25.3 Å². The van der Waals surface area contributed by atoms with Crippen molar-refractivity contribution in [3.8, 4) is 0 Å². The highest BCUT2D eigenvalue weighted by molar-refractivity contribution is 7.97. The summed E-state index contributed by atoms with van der Waals surface area (Å²) in [6.45, 7) is 1.85. The van der Waals surface area contributed by atoms with Crippen molar-refractivity contribution in [1.82, 2.24) is 0 Å². The SMILES string of the molecule is CC(=CC1CCCCC1)C(=O)S. The van der Waals surface area contributed by atoms with Crippen molar-refractivity contribution >= 4 is 17.7 Å². The predicted octanol–water partition coefficient (Wildman–Crippen LogP) is 2.97. The zero-order valence-electron chi connectivity index (χ0n) is 7.55. The maximum absolute atomic E-state index is 10.8. The molecule has 0 saturated heterocycles. The Labute approximate surface area is 79.6 Å². The molecule has 0 aromatic carbocycles. The molecule has 0 aromatic rings. The Balaban J connectivity index is 2.47. The molecule has 68 valence electrons. The Kier molecular flexibility index (Phi) is 3.86. The second-order valence-electron chi connectivity index (χ2n) is 3.55. The monoisotopic (exact) mass is 184 g/mol. The van der Waals surface area contributed by atoms with Crippen LogP contribution in [0.1, 0.15) is 39.0 Å². The zero-order chi connectivity index (χ0) is 8.97. The summed E-state index contributed by atoms with van der Waals surface area (Å²) in [5, 5.41) is -0.0828. The standard InChI is InChI=1S/C10H16OS/c1-8(10(11)12)7-9-5-3-2-4-6-9/h7,9H,2-6H2,1H3,(H,11,12). The topological polar surface area (TPSA) is 17.1 Å². The van der Waals surface area contributed by atoms with Crippen LogP contribution in [0, 0.1) is 5.92 Å². The number of hydrogen-bond donors (Lipinski definition) is 1. The van der Waals surface area contributed by atoms with Gasteiger partial charge in [0.15, 0.2) is 0 Å². The molecule has 0 bridgehead atoms. The number of carbonyl (C=O) groups is 1. The lowest BCUT2D eigenvalue weighted by Gasteiger charge is -2.18. The Morgan fingerprint density at radius 3 is 2.42 bits per heavy atom. The molecule has 1 saturated carbocycles. The predicted molar refractivity (Wildman–Crippen MR) is 54.3 cm³/mol. The van der Waals surface area contributed by atoms with Crippen LogP contribution in [-0.2, 0) is 4.79 Å². The number of rotatable bonds is 2. The maximum Gasteiger partial charge on any atom is 0.211 e. The molecular formula is C10H16OS. The largest absolute Gasteiger partial charge is 0.282 e. The van der Waals surface area contributed by atoms with E-state index in [1.54, 1.807) is 0 Å². The second-order valence-corrected chi connectivity index (χ2v) is 3.96. The molecule has 12 heavy (non-hydrogen) atoms. The van der Waals surface area contributed by atoms with E-state index in [1.807, 2.05) is 6.92 Å². The van der Waals surface area contributed by atoms with Crippen molar-refractivity contribution in [2.24, 2.45) is 5.92 Å². The average Bonchev–Trinajstić information content (AvgIpc) is 2.06. The van der Waals surface area contributed by atoms with Crippen LogP contribution in [0.15, 0.2) is 11.6 Å². The number of allylic oxidation sites excluding steroid dienone is 1. The summed E-state index contributed by atoms with van der Waals surface area (Å²) in [4.78, 5) is 10.8. The van der Waals surface area contributed by atoms with Crippen molar-refractivity contribution in [3.05, 3.63) is 11.6 Å². The fraction of sp³-hybridized carbons (Fsp3) is 0.700. The smallest absolute Gasteiger partial charge is 0.211 e. The van der Waals surface area contributed by atoms with Crippen molar-refractivity contribution in [2.45, 2.75) is 39.0 Å². The fourth-order valence-electron chi connectivity index (χ4n) is 1.73. The third-order valence-corrected chi connectivity index (χ3v) is 2.83.